The molecular weight excluding hydrogens is 444 g/mol. The van der Waals surface area contributed by atoms with Crippen molar-refractivity contribution >= 4 is 27.7 Å². The molecule has 0 unspecified atom stereocenters. The first-order valence-electron chi connectivity index (χ1n) is 10.6. The monoisotopic (exact) mass is 472 g/mol. The van der Waals surface area contributed by atoms with Gasteiger partial charge < -0.3 is 19.9 Å². The van der Waals surface area contributed by atoms with Crippen molar-refractivity contribution in [2.75, 3.05) is 51.3 Å². The number of piperazine rings is 1. The van der Waals surface area contributed by atoms with E-state index < -0.39 is 5.41 Å². The molecule has 2 saturated heterocycles. The number of aromatic nitrogens is 1. The number of rotatable bonds is 5. The molecule has 2 aliphatic rings. The van der Waals surface area contributed by atoms with Gasteiger partial charge in [-0.1, -0.05) is 34.1 Å². The van der Waals surface area contributed by atoms with E-state index in [1.54, 1.807) is 0 Å². The van der Waals surface area contributed by atoms with Crippen molar-refractivity contribution in [1.82, 2.24) is 15.2 Å². The fourth-order valence-electron chi connectivity index (χ4n) is 4.35. The van der Waals surface area contributed by atoms with Crippen LogP contribution in [0.3, 0.4) is 0 Å². The van der Waals surface area contributed by atoms with Gasteiger partial charge in [0.15, 0.2) is 0 Å². The number of pyridine rings is 1. The normalized spacial score (nSPS) is 19.5. The number of nitrogens with one attached hydrogen (secondary N) is 1. The number of nitrogens with zero attached hydrogens (tertiary/aromatic N) is 3. The highest BCUT2D eigenvalue weighted by Gasteiger charge is 2.41. The average molecular weight is 473 g/mol. The first kappa shape index (κ1) is 21.3. The van der Waals surface area contributed by atoms with Crippen molar-refractivity contribution in [3.05, 3.63) is 58.2 Å². The van der Waals surface area contributed by atoms with E-state index in [4.69, 9.17) is 4.74 Å². The maximum atomic E-state index is 13.5. The van der Waals surface area contributed by atoms with Crippen molar-refractivity contribution in [3.63, 3.8) is 0 Å². The summed E-state index contributed by atoms with van der Waals surface area (Å²) in [6, 6.07) is 12.1. The molecular formula is C23H29BrN4O2. The van der Waals surface area contributed by atoms with Gasteiger partial charge in [-0.2, -0.15) is 0 Å². The summed E-state index contributed by atoms with van der Waals surface area (Å²) in [4.78, 5) is 22.8. The van der Waals surface area contributed by atoms with Gasteiger partial charge in [0.25, 0.3) is 0 Å². The van der Waals surface area contributed by atoms with Gasteiger partial charge in [0, 0.05) is 62.2 Å². The fraction of sp³-hybridized carbons (Fsp3) is 0.478. The van der Waals surface area contributed by atoms with Crippen LogP contribution in [0.1, 0.15) is 24.0 Å². The summed E-state index contributed by atoms with van der Waals surface area (Å²) in [6.45, 7) is 5.63. The van der Waals surface area contributed by atoms with Crippen LogP contribution in [-0.2, 0) is 21.5 Å². The van der Waals surface area contributed by atoms with Gasteiger partial charge in [-0.3, -0.25) is 4.79 Å². The van der Waals surface area contributed by atoms with Gasteiger partial charge in [0.2, 0.25) is 5.91 Å². The smallest absolute Gasteiger partial charge is 0.231 e. The van der Waals surface area contributed by atoms with Crippen LogP contribution in [0.25, 0.3) is 0 Å². The lowest BCUT2D eigenvalue weighted by Crippen LogP contribution is -2.48. The zero-order valence-corrected chi connectivity index (χ0v) is 19.0. The zero-order chi connectivity index (χ0) is 21.0. The summed E-state index contributed by atoms with van der Waals surface area (Å²) < 4.78 is 6.59. The number of halogens is 1. The SMILES string of the molecule is CN1CCN(c2ncccc2CNC(=O)C2(c3ccc(Br)cc3)CCOCC2)CC1. The Morgan fingerprint density at radius 3 is 2.53 bits per heavy atom. The molecule has 2 aliphatic heterocycles. The number of carbonyl (C=O) groups is 1. The third-order valence-corrected chi connectivity index (χ3v) is 6.82. The molecule has 0 radical (unpaired) electrons. The van der Waals surface area contributed by atoms with Gasteiger partial charge in [-0.25, -0.2) is 4.98 Å². The quantitative estimate of drug-likeness (QED) is 0.724. The number of amides is 1. The molecule has 2 fully saturated rings. The number of hydrogen-bond donors (Lipinski definition) is 1. The Kier molecular flexibility index (Phi) is 6.71. The fourth-order valence-corrected chi connectivity index (χ4v) is 4.62. The maximum absolute atomic E-state index is 13.5. The lowest BCUT2D eigenvalue weighted by Gasteiger charge is -2.37. The second-order valence-electron chi connectivity index (χ2n) is 8.16. The number of ether oxygens (including phenoxy) is 1. The summed E-state index contributed by atoms with van der Waals surface area (Å²) in [7, 11) is 2.15. The van der Waals surface area contributed by atoms with Crippen molar-refractivity contribution in [1.29, 1.82) is 0 Å². The predicted molar refractivity (Wildman–Crippen MR) is 122 cm³/mol. The number of carbonyl (C=O) groups excluding carboxylic acids is 1. The van der Waals surface area contributed by atoms with Crippen LogP contribution in [0.2, 0.25) is 0 Å². The Hall–Kier alpha value is -1.96. The summed E-state index contributed by atoms with van der Waals surface area (Å²) in [5.74, 6) is 1.05. The highest BCUT2D eigenvalue weighted by molar-refractivity contribution is 9.10. The van der Waals surface area contributed by atoms with Crippen molar-refractivity contribution in [2.45, 2.75) is 24.8 Å². The third-order valence-electron chi connectivity index (χ3n) is 6.29. The highest BCUT2D eigenvalue weighted by Crippen LogP contribution is 2.36. The van der Waals surface area contributed by atoms with Crippen molar-refractivity contribution < 1.29 is 9.53 Å². The van der Waals surface area contributed by atoms with Gasteiger partial charge in [0.1, 0.15) is 5.82 Å². The van der Waals surface area contributed by atoms with Crippen molar-refractivity contribution in [3.8, 4) is 0 Å². The van der Waals surface area contributed by atoms with E-state index >= 15 is 0 Å². The molecule has 1 aromatic carbocycles. The molecule has 7 heteroatoms. The highest BCUT2D eigenvalue weighted by atomic mass is 79.9. The second-order valence-corrected chi connectivity index (χ2v) is 9.08. The van der Waals surface area contributed by atoms with E-state index in [0.29, 0.717) is 32.6 Å². The largest absolute Gasteiger partial charge is 0.381 e. The molecule has 0 saturated carbocycles. The predicted octanol–water partition coefficient (Wildman–Crippen LogP) is 2.96. The Morgan fingerprint density at radius 1 is 1.13 bits per heavy atom. The third kappa shape index (κ3) is 4.53. The van der Waals surface area contributed by atoms with Crippen LogP contribution in [0.15, 0.2) is 47.1 Å². The molecule has 0 bridgehead atoms. The Labute approximate surface area is 186 Å². The van der Waals surface area contributed by atoms with E-state index in [1.165, 1.54) is 0 Å². The number of hydrogen-bond acceptors (Lipinski definition) is 5. The molecule has 2 aromatic rings. The van der Waals surface area contributed by atoms with E-state index in [1.807, 2.05) is 24.4 Å². The topological polar surface area (TPSA) is 57.7 Å². The Morgan fingerprint density at radius 2 is 1.83 bits per heavy atom. The molecule has 0 spiro atoms. The molecule has 6 nitrogen and oxygen atoms in total. The maximum Gasteiger partial charge on any atom is 0.231 e. The molecule has 1 N–H and O–H groups in total. The first-order valence-corrected chi connectivity index (χ1v) is 11.4. The molecule has 0 aliphatic carbocycles. The van der Waals surface area contributed by atoms with Crippen LogP contribution < -0.4 is 10.2 Å². The second kappa shape index (κ2) is 9.45. The van der Waals surface area contributed by atoms with Crippen molar-refractivity contribution in [2.24, 2.45) is 0 Å². The first-order chi connectivity index (χ1) is 14.6. The molecule has 0 atom stereocenters. The summed E-state index contributed by atoms with van der Waals surface area (Å²) in [5.41, 5.74) is 1.57. The number of likely N-dealkylation sites (N-methyl/N-ethyl adjacent to an activating group) is 1. The van der Waals surface area contributed by atoms with Crippen LogP contribution in [0.5, 0.6) is 0 Å². The minimum Gasteiger partial charge on any atom is -0.381 e. The van der Waals surface area contributed by atoms with Crippen LogP contribution in [0.4, 0.5) is 5.82 Å². The average Bonchev–Trinajstić information content (AvgIpc) is 2.79. The minimum atomic E-state index is -0.546. The van der Waals surface area contributed by atoms with E-state index in [0.717, 1.165) is 47.6 Å². The lowest BCUT2D eigenvalue weighted by molar-refractivity contribution is -0.130. The number of anilines is 1. The molecule has 4 rings (SSSR count). The zero-order valence-electron chi connectivity index (χ0n) is 17.4. The summed E-state index contributed by atoms with van der Waals surface area (Å²) in [6.07, 6.45) is 3.22. The van der Waals surface area contributed by atoms with E-state index in [-0.39, 0.29) is 5.91 Å². The molecule has 30 heavy (non-hydrogen) atoms. The standard InChI is InChI=1S/C23H29BrN4O2/c1-27-11-13-28(14-12-27)21-18(3-2-10-25-21)17-26-22(29)23(8-15-30-16-9-23)19-4-6-20(24)7-5-19/h2-7,10H,8-9,11-17H2,1H3,(H,26,29). The lowest BCUT2D eigenvalue weighted by atomic mass is 9.73. The molecule has 1 aromatic heterocycles. The summed E-state index contributed by atoms with van der Waals surface area (Å²) in [5, 5.41) is 3.23. The minimum absolute atomic E-state index is 0.0707. The van der Waals surface area contributed by atoms with Gasteiger partial charge in [0.05, 0.1) is 5.41 Å². The number of benzene rings is 1. The van der Waals surface area contributed by atoms with Crippen LogP contribution >= 0.6 is 15.9 Å². The van der Waals surface area contributed by atoms with Crippen LogP contribution in [-0.4, -0.2) is 62.2 Å². The van der Waals surface area contributed by atoms with Gasteiger partial charge in [-0.05, 0) is 43.7 Å². The van der Waals surface area contributed by atoms with Gasteiger partial charge in [-0.15, -0.1) is 0 Å². The van der Waals surface area contributed by atoms with Gasteiger partial charge >= 0.3 is 0 Å². The summed E-state index contributed by atoms with van der Waals surface area (Å²) >= 11 is 3.50. The van der Waals surface area contributed by atoms with Crippen LogP contribution in [0, 0.1) is 0 Å². The molecule has 1 amide bonds. The Bertz CT molecular complexity index is 860. The molecule has 3 heterocycles. The molecule has 160 valence electrons. The Balaban J connectivity index is 1.51. The van der Waals surface area contributed by atoms with E-state index in [2.05, 4.69) is 61.3 Å². The van der Waals surface area contributed by atoms with E-state index in [9.17, 15) is 4.79 Å².